The van der Waals surface area contributed by atoms with E-state index in [0.29, 0.717) is 19.1 Å². The molecule has 1 heterocycles. The lowest BCUT2D eigenvalue weighted by Gasteiger charge is -2.16. The van der Waals surface area contributed by atoms with E-state index in [9.17, 15) is 4.79 Å². The molecule has 1 aliphatic rings. The fourth-order valence-electron chi connectivity index (χ4n) is 2.20. The standard InChI is InChI=1S/C15H27NO2/c1-2-14-10-8-6-4-3-5-7-9-11-15(17)18-13-12-16-14/h3,5,14,16H,2,4,6-13H2,1H3/b5-3-. The van der Waals surface area contributed by atoms with Gasteiger partial charge in [-0.2, -0.15) is 0 Å². The van der Waals surface area contributed by atoms with Gasteiger partial charge in [0.15, 0.2) is 0 Å². The Morgan fingerprint density at radius 2 is 2.06 bits per heavy atom. The molecule has 0 aliphatic carbocycles. The molecule has 1 atom stereocenters. The van der Waals surface area contributed by atoms with Crippen molar-refractivity contribution in [2.75, 3.05) is 13.2 Å². The minimum absolute atomic E-state index is 0.0619. The monoisotopic (exact) mass is 253 g/mol. The maximum absolute atomic E-state index is 11.4. The summed E-state index contributed by atoms with van der Waals surface area (Å²) >= 11 is 0. The van der Waals surface area contributed by atoms with E-state index in [4.69, 9.17) is 4.74 Å². The van der Waals surface area contributed by atoms with E-state index in [0.717, 1.165) is 25.8 Å². The van der Waals surface area contributed by atoms with Crippen molar-refractivity contribution < 1.29 is 9.53 Å². The fourth-order valence-corrected chi connectivity index (χ4v) is 2.20. The summed E-state index contributed by atoms with van der Waals surface area (Å²) in [5.41, 5.74) is 0. The summed E-state index contributed by atoms with van der Waals surface area (Å²) in [6.07, 6.45) is 13.0. The van der Waals surface area contributed by atoms with Gasteiger partial charge >= 0.3 is 5.97 Å². The van der Waals surface area contributed by atoms with Gasteiger partial charge in [-0.3, -0.25) is 4.79 Å². The predicted octanol–water partition coefficient (Wildman–Crippen LogP) is 3.20. The first-order valence-electron chi connectivity index (χ1n) is 7.37. The Morgan fingerprint density at radius 1 is 1.28 bits per heavy atom. The Balaban J connectivity index is 2.33. The van der Waals surface area contributed by atoms with Crippen LogP contribution < -0.4 is 5.32 Å². The molecule has 18 heavy (non-hydrogen) atoms. The van der Waals surface area contributed by atoms with Gasteiger partial charge in [0.2, 0.25) is 0 Å². The Hall–Kier alpha value is -0.830. The molecular formula is C15H27NO2. The van der Waals surface area contributed by atoms with Gasteiger partial charge in [-0.05, 0) is 38.5 Å². The van der Waals surface area contributed by atoms with Crippen LogP contribution in [0.15, 0.2) is 12.2 Å². The largest absolute Gasteiger partial charge is 0.464 e. The SMILES string of the molecule is CCC1CCCC/C=C\CCCC(=O)OCCN1. The van der Waals surface area contributed by atoms with Crippen molar-refractivity contribution in [1.29, 1.82) is 0 Å². The number of carbonyl (C=O) groups is 1. The molecular weight excluding hydrogens is 226 g/mol. The Morgan fingerprint density at radius 3 is 2.83 bits per heavy atom. The Labute approximate surface area is 111 Å². The van der Waals surface area contributed by atoms with E-state index in [1.807, 2.05) is 0 Å². The van der Waals surface area contributed by atoms with Crippen molar-refractivity contribution in [3.63, 3.8) is 0 Å². The highest BCUT2D eigenvalue weighted by atomic mass is 16.5. The average Bonchev–Trinajstić information content (AvgIpc) is 2.39. The van der Waals surface area contributed by atoms with Crippen molar-refractivity contribution in [1.82, 2.24) is 5.32 Å². The molecule has 1 N–H and O–H groups in total. The molecule has 3 nitrogen and oxygen atoms in total. The van der Waals surface area contributed by atoms with Gasteiger partial charge in [0.1, 0.15) is 6.61 Å². The summed E-state index contributed by atoms with van der Waals surface area (Å²) in [6.45, 7) is 3.49. The van der Waals surface area contributed by atoms with Crippen molar-refractivity contribution in [3.05, 3.63) is 12.2 Å². The zero-order valence-corrected chi connectivity index (χ0v) is 11.6. The molecule has 0 fully saturated rings. The summed E-state index contributed by atoms with van der Waals surface area (Å²) in [7, 11) is 0. The zero-order valence-electron chi connectivity index (χ0n) is 11.6. The highest BCUT2D eigenvalue weighted by Crippen LogP contribution is 2.08. The minimum Gasteiger partial charge on any atom is -0.464 e. The fraction of sp³-hybridized carbons (Fsp3) is 0.800. The molecule has 1 aliphatic heterocycles. The first-order chi connectivity index (χ1) is 8.83. The maximum atomic E-state index is 11.4. The predicted molar refractivity (Wildman–Crippen MR) is 74.5 cm³/mol. The van der Waals surface area contributed by atoms with E-state index in [1.165, 1.54) is 25.7 Å². The second-order valence-electron chi connectivity index (χ2n) is 4.93. The van der Waals surface area contributed by atoms with Crippen molar-refractivity contribution >= 4 is 5.97 Å². The zero-order chi connectivity index (χ0) is 13.1. The molecule has 0 saturated carbocycles. The van der Waals surface area contributed by atoms with Crippen LogP contribution in [0.25, 0.3) is 0 Å². The lowest BCUT2D eigenvalue weighted by Crippen LogP contribution is -2.32. The molecule has 0 aromatic carbocycles. The molecule has 0 spiro atoms. The van der Waals surface area contributed by atoms with Crippen LogP contribution in [0.1, 0.15) is 58.3 Å². The molecule has 0 saturated heterocycles. The topological polar surface area (TPSA) is 38.3 Å². The minimum atomic E-state index is -0.0619. The molecule has 0 bridgehead atoms. The van der Waals surface area contributed by atoms with Crippen LogP contribution in [0.4, 0.5) is 0 Å². The van der Waals surface area contributed by atoms with Crippen LogP contribution in [0, 0.1) is 0 Å². The quantitative estimate of drug-likeness (QED) is 0.576. The van der Waals surface area contributed by atoms with Crippen LogP contribution in [0.2, 0.25) is 0 Å². The molecule has 0 aromatic heterocycles. The van der Waals surface area contributed by atoms with Crippen LogP contribution >= 0.6 is 0 Å². The van der Waals surface area contributed by atoms with Gasteiger partial charge in [0.05, 0.1) is 0 Å². The van der Waals surface area contributed by atoms with Gasteiger partial charge in [-0.1, -0.05) is 25.5 Å². The van der Waals surface area contributed by atoms with Gasteiger partial charge < -0.3 is 10.1 Å². The molecule has 1 rings (SSSR count). The summed E-state index contributed by atoms with van der Waals surface area (Å²) in [5, 5.41) is 3.46. The second kappa shape index (κ2) is 10.1. The summed E-state index contributed by atoms with van der Waals surface area (Å²) in [6, 6.07) is 0.567. The van der Waals surface area contributed by atoms with Crippen LogP contribution in [0.5, 0.6) is 0 Å². The van der Waals surface area contributed by atoms with Gasteiger partial charge in [-0.15, -0.1) is 0 Å². The lowest BCUT2D eigenvalue weighted by molar-refractivity contribution is -0.143. The number of rotatable bonds is 1. The number of ether oxygens (including phenoxy) is 1. The number of hydrogen-bond acceptors (Lipinski definition) is 3. The average molecular weight is 253 g/mol. The van der Waals surface area contributed by atoms with Gasteiger partial charge in [0, 0.05) is 19.0 Å². The first-order valence-corrected chi connectivity index (χ1v) is 7.37. The molecule has 104 valence electrons. The van der Waals surface area contributed by atoms with Crippen molar-refractivity contribution in [3.8, 4) is 0 Å². The molecule has 0 aromatic rings. The second-order valence-corrected chi connectivity index (χ2v) is 4.93. The lowest BCUT2D eigenvalue weighted by atomic mass is 10.1. The highest BCUT2D eigenvalue weighted by molar-refractivity contribution is 5.69. The number of cyclic esters (lactones) is 1. The number of hydrogen-bond donors (Lipinski definition) is 1. The van der Waals surface area contributed by atoms with E-state index < -0.39 is 0 Å². The van der Waals surface area contributed by atoms with Crippen molar-refractivity contribution in [2.45, 2.75) is 64.3 Å². The third kappa shape index (κ3) is 7.49. The van der Waals surface area contributed by atoms with Crippen LogP contribution in [0.3, 0.4) is 0 Å². The first kappa shape index (κ1) is 15.2. The molecule has 0 radical (unpaired) electrons. The van der Waals surface area contributed by atoms with E-state index >= 15 is 0 Å². The third-order valence-electron chi connectivity index (χ3n) is 3.38. The number of carbonyl (C=O) groups excluding carboxylic acids is 1. The molecule has 3 heteroatoms. The summed E-state index contributed by atoms with van der Waals surface area (Å²) in [4.78, 5) is 11.4. The Kier molecular flexibility index (Phi) is 8.57. The highest BCUT2D eigenvalue weighted by Gasteiger charge is 2.06. The van der Waals surface area contributed by atoms with Crippen LogP contribution in [-0.4, -0.2) is 25.2 Å². The van der Waals surface area contributed by atoms with E-state index in [1.54, 1.807) is 0 Å². The van der Waals surface area contributed by atoms with Gasteiger partial charge in [-0.25, -0.2) is 0 Å². The Bertz CT molecular complexity index is 251. The maximum Gasteiger partial charge on any atom is 0.305 e. The van der Waals surface area contributed by atoms with E-state index in [2.05, 4.69) is 24.4 Å². The van der Waals surface area contributed by atoms with E-state index in [-0.39, 0.29) is 5.97 Å². The summed E-state index contributed by atoms with van der Waals surface area (Å²) < 4.78 is 5.19. The molecule has 1 unspecified atom stereocenters. The van der Waals surface area contributed by atoms with Gasteiger partial charge in [0.25, 0.3) is 0 Å². The summed E-state index contributed by atoms with van der Waals surface area (Å²) in [5.74, 6) is -0.0619. The third-order valence-corrected chi connectivity index (χ3v) is 3.38. The molecule has 0 amide bonds. The number of nitrogens with one attached hydrogen (secondary N) is 1. The normalized spacial score (nSPS) is 26.7. The smallest absolute Gasteiger partial charge is 0.305 e. The number of esters is 1. The van der Waals surface area contributed by atoms with Crippen LogP contribution in [-0.2, 0) is 9.53 Å². The van der Waals surface area contributed by atoms with Crippen molar-refractivity contribution in [2.24, 2.45) is 0 Å². The number of allylic oxidation sites excluding steroid dienone is 2.